The predicted molar refractivity (Wildman–Crippen MR) is 23.0 cm³/mol. The van der Waals surface area contributed by atoms with E-state index in [4.69, 9.17) is 9.96 Å². The fraction of sp³-hybridized carbons (Fsp3) is 0. The van der Waals surface area contributed by atoms with Crippen LogP contribution in [0.2, 0.25) is 0 Å². The molecule has 0 atom stereocenters. The molecule has 0 bridgehead atoms. The van der Waals surface area contributed by atoms with Gasteiger partial charge in [0, 0.05) is 0 Å². The Bertz CT molecular complexity index is 31.5. The Kier molecular flexibility index (Phi) is 106. The third kappa shape index (κ3) is 201. The molecule has 0 fully saturated rings. The molecule has 6 nitrogen and oxygen atoms in total. The van der Waals surface area contributed by atoms with Crippen LogP contribution in [0.1, 0.15) is 0 Å². The summed E-state index contributed by atoms with van der Waals surface area (Å²) in [4.78, 5) is 0. The van der Waals surface area contributed by atoms with Gasteiger partial charge >= 0.3 is 53.6 Å². The minimum atomic E-state index is -4.29. The van der Waals surface area contributed by atoms with Crippen LogP contribution in [0.25, 0.3) is 0 Å². The molecule has 0 unspecified atom stereocenters. The van der Waals surface area contributed by atoms with Gasteiger partial charge in [-0.2, -0.15) is 0 Å². The van der Waals surface area contributed by atoms with E-state index in [1.165, 1.54) is 0 Å². The number of rotatable bonds is 0. The Labute approximate surface area is 69.8 Å². The molecule has 0 heterocycles. The minimum absolute atomic E-state index is 0. The Morgan fingerprint density at radius 1 is 1.00 bits per heavy atom. The van der Waals surface area contributed by atoms with Gasteiger partial charge in [-0.25, -0.2) is 0 Å². The molecule has 0 amide bonds. The maximum absolute atomic E-state index is 8.61. The first-order valence-electron chi connectivity index (χ1n) is 0.612. The zero-order chi connectivity index (χ0) is 3.58. The monoisotopic (exact) mass is 246 g/mol. The standard InChI is InChI=1S/Mg.3H2O.3O.Sn/h;3*1H2;;;;/q+2;;;;;2*-1;. The number of hydrogen-bond acceptors (Lipinski definition) is 3. The van der Waals surface area contributed by atoms with E-state index < -0.39 is 20.6 Å². The van der Waals surface area contributed by atoms with Gasteiger partial charge in [0.2, 0.25) is 0 Å². The fourth-order valence-electron chi connectivity index (χ4n) is 0. The van der Waals surface area contributed by atoms with Crippen LogP contribution in [-0.4, -0.2) is 60.1 Å². The van der Waals surface area contributed by atoms with E-state index in [9.17, 15) is 0 Å². The molecular weight excluding hydrogens is 239 g/mol. The summed E-state index contributed by atoms with van der Waals surface area (Å²) >= 11 is -4.29. The molecule has 0 saturated heterocycles. The van der Waals surface area contributed by atoms with Crippen LogP contribution in [0.5, 0.6) is 0 Å². The molecule has 8 heteroatoms. The molecule has 48 valence electrons. The topological polar surface area (TPSA) is 158 Å². The summed E-state index contributed by atoms with van der Waals surface area (Å²) in [5, 5.41) is 0. The van der Waals surface area contributed by atoms with Crippen molar-refractivity contribution in [2.45, 2.75) is 0 Å². The van der Waals surface area contributed by atoms with Gasteiger partial charge in [0.05, 0.1) is 0 Å². The molecule has 0 radical (unpaired) electrons. The molecule has 8 heavy (non-hydrogen) atoms. The summed E-state index contributed by atoms with van der Waals surface area (Å²) in [6.45, 7) is 0. The Morgan fingerprint density at radius 3 is 1.00 bits per heavy atom. The first kappa shape index (κ1) is 35.2. The summed E-state index contributed by atoms with van der Waals surface area (Å²) in [6.07, 6.45) is 0. The molecule has 0 aromatic heterocycles. The average Bonchev–Trinajstić information content (AvgIpc) is 0.811. The van der Waals surface area contributed by atoms with Crippen LogP contribution in [0, 0.1) is 0 Å². The van der Waals surface area contributed by atoms with E-state index in [1.807, 2.05) is 0 Å². The molecule has 0 aliphatic carbocycles. The van der Waals surface area contributed by atoms with E-state index in [0.29, 0.717) is 0 Å². The van der Waals surface area contributed by atoms with Crippen molar-refractivity contribution in [2.24, 2.45) is 0 Å². The molecule has 0 spiro atoms. The van der Waals surface area contributed by atoms with Crippen molar-refractivity contribution in [1.29, 1.82) is 0 Å². The molecular formula is H6MgO6Sn. The first-order chi connectivity index (χ1) is 1.73. The van der Waals surface area contributed by atoms with Gasteiger partial charge in [0.1, 0.15) is 0 Å². The third-order valence-electron chi connectivity index (χ3n) is 0. The summed E-state index contributed by atoms with van der Waals surface area (Å²) in [5.41, 5.74) is 0. The average molecular weight is 245 g/mol. The zero-order valence-corrected chi connectivity index (χ0v) is 8.20. The Hall–Kier alpha value is 1.16. The molecule has 0 aliphatic heterocycles. The summed E-state index contributed by atoms with van der Waals surface area (Å²) < 4.78 is 25.8. The van der Waals surface area contributed by atoms with E-state index in [1.54, 1.807) is 0 Å². The zero-order valence-electron chi connectivity index (χ0n) is 3.93. The maximum atomic E-state index is 8.61. The fourth-order valence-corrected chi connectivity index (χ4v) is 0. The molecule has 0 aromatic carbocycles. The van der Waals surface area contributed by atoms with Gasteiger partial charge in [0.25, 0.3) is 0 Å². The second-order valence-electron chi connectivity index (χ2n) is 0.250. The van der Waals surface area contributed by atoms with Gasteiger partial charge in [-0.05, 0) is 0 Å². The van der Waals surface area contributed by atoms with Crippen LogP contribution in [0.3, 0.4) is 0 Å². The van der Waals surface area contributed by atoms with E-state index in [-0.39, 0.29) is 39.5 Å². The summed E-state index contributed by atoms with van der Waals surface area (Å²) in [6, 6.07) is 0. The van der Waals surface area contributed by atoms with Crippen molar-refractivity contribution in [3.05, 3.63) is 0 Å². The summed E-state index contributed by atoms with van der Waals surface area (Å²) in [7, 11) is 0. The van der Waals surface area contributed by atoms with Crippen LogP contribution >= 0.6 is 0 Å². The van der Waals surface area contributed by atoms with Gasteiger partial charge in [-0.15, -0.1) is 0 Å². The Balaban J connectivity index is -0.00000000750. The first-order valence-corrected chi connectivity index (χ1v) is 4.11. The molecule has 0 aromatic rings. The van der Waals surface area contributed by atoms with Crippen molar-refractivity contribution < 1.29 is 26.4 Å². The normalized spacial score (nSPS) is 3.25. The quantitative estimate of drug-likeness (QED) is 0.390. The van der Waals surface area contributed by atoms with Crippen LogP contribution in [0.4, 0.5) is 0 Å². The van der Waals surface area contributed by atoms with Gasteiger partial charge in [-0.3, -0.25) is 0 Å². The third-order valence-corrected chi connectivity index (χ3v) is 0. The second-order valence-corrected chi connectivity index (χ2v) is 1.68. The molecule has 0 rings (SSSR count). The van der Waals surface area contributed by atoms with Crippen molar-refractivity contribution in [2.75, 3.05) is 0 Å². The molecule has 0 saturated carbocycles. The molecule has 0 aliphatic rings. The molecule has 6 N–H and O–H groups in total. The predicted octanol–water partition coefficient (Wildman–Crippen LogP) is -5.73. The van der Waals surface area contributed by atoms with E-state index >= 15 is 0 Å². The van der Waals surface area contributed by atoms with Gasteiger partial charge in [-0.1, -0.05) is 0 Å². The van der Waals surface area contributed by atoms with Gasteiger partial charge in [0.15, 0.2) is 0 Å². The summed E-state index contributed by atoms with van der Waals surface area (Å²) in [5.74, 6) is 0. The van der Waals surface area contributed by atoms with Crippen LogP contribution in [-0.2, 0) is 3.08 Å². The van der Waals surface area contributed by atoms with E-state index in [0.717, 1.165) is 0 Å². The Morgan fingerprint density at radius 2 is 1.00 bits per heavy atom. The van der Waals surface area contributed by atoms with Crippen molar-refractivity contribution >= 4 is 43.6 Å². The van der Waals surface area contributed by atoms with E-state index in [2.05, 4.69) is 0 Å². The van der Waals surface area contributed by atoms with Crippen LogP contribution in [0.15, 0.2) is 0 Å². The second kappa shape index (κ2) is 24.2. The van der Waals surface area contributed by atoms with Gasteiger partial charge < -0.3 is 16.4 Å². The van der Waals surface area contributed by atoms with Crippen molar-refractivity contribution in [1.82, 2.24) is 0 Å². The SMILES string of the molecule is O.O.O.[Mg+2].[O]=[Sn]([O-])[O-]. The van der Waals surface area contributed by atoms with Crippen molar-refractivity contribution in [3.63, 3.8) is 0 Å². The van der Waals surface area contributed by atoms with Crippen molar-refractivity contribution in [3.8, 4) is 0 Å². The van der Waals surface area contributed by atoms with Crippen LogP contribution < -0.4 is 6.89 Å². The number of hydrogen-bond donors (Lipinski definition) is 0.